The van der Waals surface area contributed by atoms with Crippen LogP contribution in [-0.4, -0.2) is 22.8 Å². The molecule has 0 aliphatic heterocycles. The Kier molecular flexibility index (Phi) is 5.63. The number of aryl methyl sites for hydroxylation is 2. The number of aliphatic hydroxyl groups excluding tert-OH is 1. The summed E-state index contributed by atoms with van der Waals surface area (Å²) in [6.45, 7) is 5.52. The van der Waals surface area contributed by atoms with Gasteiger partial charge in [0.1, 0.15) is 5.76 Å². The summed E-state index contributed by atoms with van der Waals surface area (Å²) in [5, 5.41) is 19.9. The van der Waals surface area contributed by atoms with Gasteiger partial charge < -0.3 is 20.3 Å². The standard InChI is InChI=1S/C16H20ClN3O3/c1-9(15-10(2)20-23-11(15)3)19-16(22)18-8-14(21)12-6-4-5-7-13(12)17/h4-7,9,14,21H,8H2,1-3H3,(H2,18,19,22). The van der Waals surface area contributed by atoms with Crippen LogP contribution in [0.3, 0.4) is 0 Å². The molecule has 2 aromatic rings. The highest BCUT2D eigenvalue weighted by molar-refractivity contribution is 6.31. The third-order valence-electron chi connectivity index (χ3n) is 3.59. The summed E-state index contributed by atoms with van der Waals surface area (Å²) in [5.41, 5.74) is 2.17. The van der Waals surface area contributed by atoms with Gasteiger partial charge >= 0.3 is 6.03 Å². The van der Waals surface area contributed by atoms with Crippen molar-refractivity contribution in [1.82, 2.24) is 15.8 Å². The van der Waals surface area contributed by atoms with E-state index in [0.29, 0.717) is 16.3 Å². The molecule has 1 heterocycles. The van der Waals surface area contributed by atoms with Crippen molar-refractivity contribution in [2.75, 3.05) is 6.54 Å². The number of aromatic nitrogens is 1. The molecule has 0 bridgehead atoms. The summed E-state index contributed by atoms with van der Waals surface area (Å²) in [6, 6.07) is 6.34. The van der Waals surface area contributed by atoms with E-state index in [0.717, 1.165) is 11.3 Å². The van der Waals surface area contributed by atoms with Crippen molar-refractivity contribution in [3.63, 3.8) is 0 Å². The van der Waals surface area contributed by atoms with E-state index in [1.807, 2.05) is 13.8 Å². The summed E-state index contributed by atoms with van der Waals surface area (Å²) in [5.74, 6) is 0.673. The maximum atomic E-state index is 12.0. The zero-order chi connectivity index (χ0) is 17.0. The number of hydrogen-bond donors (Lipinski definition) is 3. The Labute approximate surface area is 139 Å². The van der Waals surface area contributed by atoms with E-state index in [1.165, 1.54) is 0 Å². The van der Waals surface area contributed by atoms with Gasteiger partial charge in [-0.3, -0.25) is 0 Å². The van der Waals surface area contributed by atoms with Crippen LogP contribution in [0.5, 0.6) is 0 Å². The van der Waals surface area contributed by atoms with Gasteiger partial charge in [-0.15, -0.1) is 0 Å². The van der Waals surface area contributed by atoms with Crippen molar-refractivity contribution in [3.05, 3.63) is 51.9 Å². The summed E-state index contributed by atoms with van der Waals surface area (Å²) >= 11 is 6.02. The molecule has 0 radical (unpaired) electrons. The zero-order valence-corrected chi connectivity index (χ0v) is 14.0. The highest BCUT2D eigenvalue weighted by Gasteiger charge is 2.19. The molecule has 124 valence electrons. The molecule has 7 heteroatoms. The first-order valence-corrected chi connectivity index (χ1v) is 7.67. The van der Waals surface area contributed by atoms with Gasteiger partial charge in [0.15, 0.2) is 0 Å². The number of carbonyl (C=O) groups is 1. The molecular weight excluding hydrogens is 318 g/mol. The lowest BCUT2D eigenvalue weighted by Crippen LogP contribution is -2.39. The van der Waals surface area contributed by atoms with E-state index in [2.05, 4.69) is 15.8 Å². The SMILES string of the molecule is Cc1noc(C)c1C(C)NC(=O)NCC(O)c1ccccc1Cl. The average molecular weight is 338 g/mol. The Hall–Kier alpha value is -2.05. The molecule has 0 spiro atoms. The number of rotatable bonds is 5. The number of halogens is 1. The van der Waals surface area contributed by atoms with Gasteiger partial charge in [-0.2, -0.15) is 0 Å². The lowest BCUT2D eigenvalue weighted by Gasteiger charge is -2.17. The largest absolute Gasteiger partial charge is 0.387 e. The highest BCUT2D eigenvalue weighted by Crippen LogP contribution is 2.22. The van der Waals surface area contributed by atoms with Crippen LogP contribution in [0.25, 0.3) is 0 Å². The van der Waals surface area contributed by atoms with Gasteiger partial charge in [-0.25, -0.2) is 4.79 Å². The lowest BCUT2D eigenvalue weighted by molar-refractivity contribution is 0.172. The summed E-state index contributed by atoms with van der Waals surface area (Å²) < 4.78 is 5.09. The Morgan fingerprint density at radius 2 is 2.09 bits per heavy atom. The van der Waals surface area contributed by atoms with Gasteiger partial charge in [0.25, 0.3) is 0 Å². The molecule has 2 rings (SSSR count). The molecule has 0 saturated carbocycles. The summed E-state index contributed by atoms with van der Waals surface area (Å²) in [4.78, 5) is 12.0. The third kappa shape index (κ3) is 4.24. The van der Waals surface area contributed by atoms with Crippen molar-refractivity contribution in [2.45, 2.75) is 32.9 Å². The average Bonchev–Trinajstić information content (AvgIpc) is 2.84. The molecule has 1 aromatic heterocycles. The molecule has 0 aliphatic rings. The van der Waals surface area contributed by atoms with Crippen LogP contribution in [0.1, 0.15) is 41.7 Å². The van der Waals surface area contributed by atoms with Gasteiger partial charge in [0.2, 0.25) is 0 Å². The highest BCUT2D eigenvalue weighted by atomic mass is 35.5. The van der Waals surface area contributed by atoms with Crippen LogP contribution in [0.2, 0.25) is 5.02 Å². The Morgan fingerprint density at radius 3 is 2.70 bits per heavy atom. The second-order valence-corrected chi connectivity index (χ2v) is 5.76. The Morgan fingerprint density at radius 1 is 1.39 bits per heavy atom. The predicted molar refractivity (Wildman–Crippen MR) is 87.3 cm³/mol. The van der Waals surface area contributed by atoms with E-state index < -0.39 is 6.10 Å². The molecule has 2 atom stereocenters. The fourth-order valence-corrected chi connectivity index (χ4v) is 2.73. The summed E-state index contributed by atoms with van der Waals surface area (Å²) in [7, 11) is 0. The summed E-state index contributed by atoms with van der Waals surface area (Å²) in [6.07, 6.45) is -0.871. The predicted octanol–water partition coefficient (Wildman–Crippen LogP) is 3.04. The molecule has 3 N–H and O–H groups in total. The van der Waals surface area contributed by atoms with E-state index >= 15 is 0 Å². The smallest absolute Gasteiger partial charge is 0.315 e. The normalized spacial score (nSPS) is 13.4. The Bertz CT molecular complexity index is 667. The molecule has 0 saturated heterocycles. The number of nitrogens with one attached hydrogen (secondary N) is 2. The number of aliphatic hydroxyl groups is 1. The molecule has 1 aromatic carbocycles. The quantitative estimate of drug-likeness (QED) is 0.782. The fraction of sp³-hybridized carbons (Fsp3) is 0.375. The van der Waals surface area contributed by atoms with Crippen LogP contribution >= 0.6 is 11.6 Å². The molecule has 0 fully saturated rings. The van der Waals surface area contributed by atoms with Crippen LogP contribution < -0.4 is 10.6 Å². The van der Waals surface area contributed by atoms with E-state index in [1.54, 1.807) is 31.2 Å². The minimum atomic E-state index is -0.871. The second kappa shape index (κ2) is 7.48. The maximum Gasteiger partial charge on any atom is 0.315 e. The van der Waals surface area contributed by atoms with Crippen LogP contribution in [0.15, 0.2) is 28.8 Å². The molecule has 23 heavy (non-hydrogen) atoms. The minimum Gasteiger partial charge on any atom is -0.387 e. The van der Waals surface area contributed by atoms with Crippen LogP contribution in [0, 0.1) is 13.8 Å². The number of nitrogens with zero attached hydrogens (tertiary/aromatic N) is 1. The topological polar surface area (TPSA) is 87.4 Å². The van der Waals surface area contributed by atoms with Gasteiger partial charge in [0, 0.05) is 22.7 Å². The zero-order valence-electron chi connectivity index (χ0n) is 13.3. The van der Waals surface area contributed by atoms with Gasteiger partial charge in [-0.1, -0.05) is 35.0 Å². The first-order chi connectivity index (χ1) is 10.9. The van der Waals surface area contributed by atoms with Crippen molar-refractivity contribution in [1.29, 1.82) is 0 Å². The molecule has 2 amide bonds. The van der Waals surface area contributed by atoms with Crippen molar-refractivity contribution in [2.24, 2.45) is 0 Å². The number of hydrogen-bond acceptors (Lipinski definition) is 4. The number of urea groups is 1. The van der Waals surface area contributed by atoms with Crippen LogP contribution in [-0.2, 0) is 0 Å². The number of amides is 2. The minimum absolute atomic E-state index is 0.0594. The fourth-order valence-electron chi connectivity index (χ4n) is 2.47. The van der Waals surface area contributed by atoms with Crippen molar-refractivity contribution in [3.8, 4) is 0 Å². The van der Waals surface area contributed by atoms with Gasteiger partial charge in [0.05, 0.1) is 17.8 Å². The molecule has 6 nitrogen and oxygen atoms in total. The molecule has 2 unspecified atom stereocenters. The van der Waals surface area contributed by atoms with Crippen molar-refractivity contribution >= 4 is 17.6 Å². The molecular formula is C16H20ClN3O3. The van der Waals surface area contributed by atoms with E-state index in [4.69, 9.17) is 16.1 Å². The van der Waals surface area contributed by atoms with Crippen molar-refractivity contribution < 1.29 is 14.4 Å². The first kappa shape index (κ1) is 17.3. The third-order valence-corrected chi connectivity index (χ3v) is 3.93. The van der Waals surface area contributed by atoms with E-state index in [9.17, 15) is 9.90 Å². The molecule has 0 aliphatic carbocycles. The van der Waals surface area contributed by atoms with E-state index in [-0.39, 0.29) is 18.6 Å². The Balaban J connectivity index is 1.89. The maximum absolute atomic E-state index is 12.0. The first-order valence-electron chi connectivity index (χ1n) is 7.29. The van der Waals surface area contributed by atoms with Gasteiger partial charge in [-0.05, 0) is 26.8 Å². The number of benzene rings is 1. The second-order valence-electron chi connectivity index (χ2n) is 5.35. The van der Waals surface area contributed by atoms with Crippen LogP contribution in [0.4, 0.5) is 4.79 Å². The number of carbonyl (C=O) groups excluding carboxylic acids is 1. The monoisotopic (exact) mass is 337 g/mol. The lowest BCUT2D eigenvalue weighted by atomic mass is 10.1.